The first-order valence-electron chi connectivity index (χ1n) is 9.62. The lowest BCUT2D eigenvalue weighted by atomic mass is 10.2. The van der Waals surface area contributed by atoms with E-state index in [-0.39, 0.29) is 23.6 Å². The summed E-state index contributed by atoms with van der Waals surface area (Å²) in [6, 6.07) is 6.94. The van der Waals surface area contributed by atoms with E-state index in [1.165, 1.54) is 23.9 Å². The van der Waals surface area contributed by atoms with Gasteiger partial charge in [0, 0.05) is 11.3 Å². The second-order valence-corrected chi connectivity index (χ2v) is 7.07. The predicted molar refractivity (Wildman–Crippen MR) is 109 cm³/mol. The van der Waals surface area contributed by atoms with Gasteiger partial charge in [0.05, 0.1) is 31.0 Å². The molecule has 0 bridgehead atoms. The highest BCUT2D eigenvalue weighted by Gasteiger charge is 2.21. The van der Waals surface area contributed by atoms with E-state index in [2.05, 4.69) is 30.0 Å². The summed E-state index contributed by atoms with van der Waals surface area (Å²) >= 11 is 0. The second kappa shape index (κ2) is 7.55. The molecule has 0 unspecified atom stereocenters. The molecule has 0 amide bonds. The number of hydrogen-bond donors (Lipinski definition) is 3. The minimum absolute atomic E-state index is 0.00171. The molecule has 3 N–H and O–H groups in total. The van der Waals surface area contributed by atoms with Crippen LogP contribution in [0.2, 0.25) is 0 Å². The number of nitrogens with zero attached hydrogens (tertiary/aromatic N) is 6. The maximum absolute atomic E-state index is 11.4. The fourth-order valence-corrected chi connectivity index (χ4v) is 3.03. The number of aromatic nitrogens is 6. The number of imidazole rings is 1. The number of hydrogen-bond acceptors (Lipinski definition) is 9. The van der Waals surface area contributed by atoms with Crippen molar-refractivity contribution in [2.24, 2.45) is 4.99 Å². The molecule has 1 aromatic carbocycles. The number of benzene rings is 1. The van der Waals surface area contributed by atoms with Crippen molar-refractivity contribution < 1.29 is 14.6 Å². The number of aromatic hydroxyl groups is 1. The van der Waals surface area contributed by atoms with Gasteiger partial charge in [-0.1, -0.05) is 0 Å². The molecule has 1 aliphatic carbocycles. The summed E-state index contributed by atoms with van der Waals surface area (Å²) in [4.78, 5) is 29.6. The maximum atomic E-state index is 11.4. The Morgan fingerprint density at radius 3 is 2.84 bits per heavy atom. The van der Waals surface area contributed by atoms with Crippen LogP contribution in [-0.4, -0.2) is 47.8 Å². The summed E-state index contributed by atoms with van der Waals surface area (Å²) in [5.74, 6) is 0.374. The van der Waals surface area contributed by atoms with E-state index >= 15 is 0 Å². The van der Waals surface area contributed by atoms with Crippen molar-refractivity contribution in [1.82, 2.24) is 29.5 Å². The van der Waals surface area contributed by atoms with Crippen molar-refractivity contribution in [2.45, 2.75) is 18.9 Å². The zero-order valence-electron chi connectivity index (χ0n) is 16.7. The van der Waals surface area contributed by atoms with Crippen LogP contribution in [0.15, 0.2) is 34.2 Å². The van der Waals surface area contributed by atoms with Gasteiger partial charge >= 0.3 is 11.7 Å². The van der Waals surface area contributed by atoms with Crippen LogP contribution in [0.25, 0.3) is 11.7 Å². The number of aromatic amines is 2. The smallest absolute Gasteiger partial charge is 0.327 e. The zero-order valence-corrected chi connectivity index (χ0v) is 16.7. The minimum atomic E-state index is -0.541. The largest absolute Gasteiger partial charge is 0.493 e. The first-order chi connectivity index (χ1) is 15.5. The lowest BCUT2D eigenvalue weighted by Gasteiger charge is -2.09. The molecule has 1 saturated carbocycles. The van der Waals surface area contributed by atoms with Crippen LogP contribution in [0.1, 0.15) is 24.1 Å². The topological polar surface area (TPSA) is 167 Å². The van der Waals surface area contributed by atoms with Crippen molar-refractivity contribution in [2.75, 3.05) is 7.11 Å². The molecule has 0 radical (unpaired) electrons. The molecular formula is C20H16N8O4. The molecule has 12 nitrogen and oxygen atoms in total. The van der Waals surface area contributed by atoms with Gasteiger partial charge in [-0.3, -0.25) is 4.98 Å². The van der Waals surface area contributed by atoms with Crippen molar-refractivity contribution in [3.05, 3.63) is 57.0 Å². The van der Waals surface area contributed by atoms with Crippen LogP contribution in [0.3, 0.4) is 0 Å². The highest BCUT2D eigenvalue weighted by atomic mass is 16.5. The highest BCUT2D eigenvalue weighted by molar-refractivity contribution is 5.56. The Labute approximate surface area is 179 Å². The van der Waals surface area contributed by atoms with Gasteiger partial charge in [-0.25, -0.2) is 9.79 Å². The Bertz CT molecular complexity index is 1560. The van der Waals surface area contributed by atoms with E-state index < -0.39 is 5.69 Å². The quantitative estimate of drug-likeness (QED) is 0.400. The molecule has 0 saturated heterocycles. The Morgan fingerprint density at radius 2 is 2.16 bits per heavy atom. The van der Waals surface area contributed by atoms with Gasteiger partial charge in [-0.15, -0.1) is 0 Å². The van der Waals surface area contributed by atoms with Gasteiger partial charge in [0.2, 0.25) is 5.88 Å². The average Bonchev–Trinajstić information content (AvgIpc) is 3.42. The lowest BCUT2D eigenvalue weighted by Crippen LogP contribution is -2.23. The number of nitriles is 1. The molecule has 0 atom stereocenters. The van der Waals surface area contributed by atoms with Crippen molar-refractivity contribution in [3.8, 4) is 29.5 Å². The van der Waals surface area contributed by atoms with Crippen molar-refractivity contribution >= 4 is 11.7 Å². The van der Waals surface area contributed by atoms with Crippen molar-refractivity contribution in [1.29, 1.82) is 5.26 Å². The summed E-state index contributed by atoms with van der Waals surface area (Å²) in [6.45, 7) is 0. The third-order valence-corrected chi connectivity index (χ3v) is 4.73. The number of methoxy groups -OCH3 is 1. The predicted octanol–water partition coefficient (Wildman–Crippen LogP) is 0.130. The van der Waals surface area contributed by atoms with Gasteiger partial charge in [0.15, 0.2) is 17.1 Å². The zero-order chi connectivity index (χ0) is 22.2. The summed E-state index contributed by atoms with van der Waals surface area (Å²) in [6.07, 6.45) is 4.97. The number of ether oxygens (including phenoxy) is 2. The van der Waals surface area contributed by atoms with Crippen LogP contribution in [0.4, 0.5) is 0 Å². The first kappa shape index (κ1) is 19.3. The van der Waals surface area contributed by atoms with E-state index in [9.17, 15) is 9.90 Å². The molecule has 3 aromatic heterocycles. The van der Waals surface area contributed by atoms with Crippen LogP contribution < -0.4 is 26.0 Å². The number of H-pyrrole nitrogens is 2. The molecule has 5 rings (SSSR count). The van der Waals surface area contributed by atoms with E-state index in [1.807, 2.05) is 6.07 Å². The van der Waals surface area contributed by atoms with Gasteiger partial charge in [0.25, 0.3) is 5.62 Å². The molecule has 1 fully saturated rings. The Morgan fingerprint density at radius 1 is 1.31 bits per heavy atom. The molecular weight excluding hydrogens is 416 g/mol. The monoisotopic (exact) mass is 432 g/mol. The fourth-order valence-electron chi connectivity index (χ4n) is 3.03. The second-order valence-electron chi connectivity index (χ2n) is 7.07. The van der Waals surface area contributed by atoms with Crippen LogP contribution in [0, 0.1) is 11.3 Å². The van der Waals surface area contributed by atoms with Gasteiger partial charge < -0.3 is 19.6 Å². The molecule has 160 valence electrons. The third kappa shape index (κ3) is 3.63. The molecule has 4 aromatic rings. The Balaban J connectivity index is 1.66. The fraction of sp³-hybridized carbons (Fsp3) is 0.200. The summed E-state index contributed by atoms with van der Waals surface area (Å²) in [5, 5.41) is 23.8. The summed E-state index contributed by atoms with van der Waals surface area (Å²) < 4.78 is 12.6. The van der Waals surface area contributed by atoms with E-state index in [0.717, 1.165) is 12.8 Å². The van der Waals surface area contributed by atoms with Crippen LogP contribution >= 0.6 is 0 Å². The SMILES string of the molecule is COc1cc(C#N)ccc1Oc1nc(=NC2CC2)n2nc/c(=C\c3[nH]c(=O)[nH]c3O)c2n1. The first-order valence-corrected chi connectivity index (χ1v) is 9.62. The minimum Gasteiger partial charge on any atom is -0.493 e. The lowest BCUT2D eigenvalue weighted by molar-refractivity contribution is 0.366. The number of rotatable bonds is 5. The van der Waals surface area contributed by atoms with Gasteiger partial charge in [-0.05, 0) is 31.1 Å². The Hall–Kier alpha value is -4.66. The molecule has 0 spiro atoms. The molecule has 32 heavy (non-hydrogen) atoms. The molecule has 3 heterocycles. The normalized spacial score (nSPS) is 14.6. The number of nitrogens with one attached hydrogen (secondary N) is 2. The summed E-state index contributed by atoms with van der Waals surface area (Å²) in [7, 11) is 1.47. The van der Waals surface area contributed by atoms with Crippen LogP contribution in [-0.2, 0) is 0 Å². The van der Waals surface area contributed by atoms with Gasteiger partial charge in [-0.2, -0.15) is 24.8 Å². The van der Waals surface area contributed by atoms with E-state index in [1.54, 1.807) is 18.2 Å². The van der Waals surface area contributed by atoms with E-state index in [4.69, 9.17) is 14.7 Å². The van der Waals surface area contributed by atoms with Gasteiger partial charge in [0.1, 0.15) is 5.69 Å². The molecule has 12 heteroatoms. The Kier molecular flexibility index (Phi) is 4.55. The number of fused-ring (bicyclic) bond motifs is 1. The van der Waals surface area contributed by atoms with E-state index in [0.29, 0.717) is 33.5 Å². The maximum Gasteiger partial charge on any atom is 0.327 e. The molecule has 0 aliphatic heterocycles. The molecule has 1 aliphatic rings. The third-order valence-electron chi connectivity index (χ3n) is 4.73. The average molecular weight is 432 g/mol. The standard InChI is InChI=1S/C20H16N8O4/c1-31-15-6-10(8-21)2-5-14(15)32-20-25-16-11(7-13-17(29)26-19(30)24-13)9-22-28(16)18(27-20)23-12-3-4-12/h2,5-7,9,12,29H,3-4H2,1H3,(H2,24,26,30)/b11-7+,23-18?. The summed E-state index contributed by atoms with van der Waals surface area (Å²) in [5.41, 5.74) is 0.736. The highest BCUT2D eigenvalue weighted by Crippen LogP contribution is 2.30. The van der Waals surface area contributed by atoms with Crippen molar-refractivity contribution in [3.63, 3.8) is 0 Å². The van der Waals surface area contributed by atoms with Crippen LogP contribution in [0.5, 0.6) is 23.4 Å².